The molecular formula is C30H35ClN2O2S. The van der Waals surface area contributed by atoms with Gasteiger partial charge in [0.05, 0.1) is 5.75 Å². The van der Waals surface area contributed by atoms with Gasteiger partial charge in [0.25, 0.3) is 0 Å². The van der Waals surface area contributed by atoms with Crippen LogP contribution in [0.5, 0.6) is 0 Å². The Morgan fingerprint density at radius 1 is 0.944 bits per heavy atom. The maximum Gasteiger partial charge on any atom is 0.243 e. The number of benzene rings is 3. The van der Waals surface area contributed by atoms with Crippen molar-refractivity contribution in [2.24, 2.45) is 0 Å². The highest BCUT2D eigenvalue weighted by Crippen LogP contribution is 2.22. The molecule has 0 aliphatic rings. The highest BCUT2D eigenvalue weighted by atomic mass is 35.5. The Morgan fingerprint density at radius 2 is 1.64 bits per heavy atom. The van der Waals surface area contributed by atoms with E-state index in [1.54, 1.807) is 16.7 Å². The normalized spacial score (nSPS) is 11.6. The average Bonchev–Trinajstić information content (AvgIpc) is 2.89. The molecule has 0 heterocycles. The van der Waals surface area contributed by atoms with Crippen molar-refractivity contribution in [3.05, 3.63) is 106 Å². The van der Waals surface area contributed by atoms with Crippen molar-refractivity contribution >= 4 is 35.2 Å². The zero-order valence-corrected chi connectivity index (χ0v) is 22.7. The summed E-state index contributed by atoms with van der Waals surface area (Å²) < 4.78 is 0. The SMILES string of the molecule is CCCCNC(=O)C(Cc1ccccc1)N(Cc1ccccc1Cl)C(=O)CSCc1ccc(C)cc1. The molecule has 3 aromatic rings. The molecule has 0 aliphatic heterocycles. The van der Waals surface area contributed by atoms with Gasteiger partial charge in [-0.2, -0.15) is 0 Å². The van der Waals surface area contributed by atoms with Crippen LogP contribution in [0.1, 0.15) is 42.0 Å². The van der Waals surface area contributed by atoms with Gasteiger partial charge >= 0.3 is 0 Å². The fraction of sp³-hybridized carbons (Fsp3) is 0.333. The summed E-state index contributed by atoms with van der Waals surface area (Å²) in [5, 5.41) is 3.64. The predicted molar refractivity (Wildman–Crippen MR) is 151 cm³/mol. The molecule has 2 amide bonds. The summed E-state index contributed by atoms with van der Waals surface area (Å²) in [4.78, 5) is 28.8. The van der Waals surface area contributed by atoms with Crippen molar-refractivity contribution in [3.8, 4) is 0 Å². The van der Waals surface area contributed by atoms with E-state index in [1.165, 1.54) is 11.1 Å². The van der Waals surface area contributed by atoms with Gasteiger partial charge in [0.15, 0.2) is 0 Å². The number of carbonyl (C=O) groups is 2. The molecule has 1 atom stereocenters. The third-order valence-electron chi connectivity index (χ3n) is 6.01. The van der Waals surface area contributed by atoms with E-state index in [1.807, 2.05) is 54.6 Å². The van der Waals surface area contributed by atoms with Gasteiger partial charge in [-0.3, -0.25) is 9.59 Å². The van der Waals surface area contributed by atoms with E-state index < -0.39 is 6.04 Å². The van der Waals surface area contributed by atoms with E-state index in [0.29, 0.717) is 18.0 Å². The number of aryl methyl sites for hydroxylation is 1. The molecule has 3 aromatic carbocycles. The first-order valence-corrected chi connectivity index (χ1v) is 14.0. The van der Waals surface area contributed by atoms with Gasteiger partial charge in [0, 0.05) is 30.3 Å². The Morgan fingerprint density at radius 3 is 2.33 bits per heavy atom. The van der Waals surface area contributed by atoms with Crippen LogP contribution in [0.2, 0.25) is 5.02 Å². The fourth-order valence-electron chi connectivity index (χ4n) is 3.89. The minimum atomic E-state index is -0.631. The van der Waals surface area contributed by atoms with E-state index >= 15 is 0 Å². The molecule has 0 saturated heterocycles. The van der Waals surface area contributed by atoms with Crippen molar-refractivity contribution in [1.82, 2.24) is 10.2 Å². The van der Waals surface area contributed by atoms with Gasteiger partial charge < -0.3 is 10.2 Å². The Bertz CT molecular complexity index is 1110. The number of halogens is 1. The van der Waals surface area contributed by atoms with Crippen LogP contribution in [0, 0.1) is 6.92 Å². The molecule has 1 unspecified atom stereocenters. The molecule has 0 saturated carbocycles. The first-order chi connectivity index (χ1) is 17.5. The summed E-state index contributed by atoms with van der Waals surface area (Å²) >= 11 is 8.04. The number of carbonyl (C=O) groups excluding carboxylic acids is 2. The first-order valence-electron chi connectivity index (χ1n) is 12.5. The smallest absolute Gasteiger partial charge is 0.243 e. The number of nitrogens with zero attached hydrogens (tertiary/aromatic N) is 1. The van der Waals surface area contributed by atoms with Crippen molar-refractivity contribution in [2.45, 2.75) is 51.4 Å². The predicted octanol–water partition coefficient (Wildman–Crippen LogP) is 6.44. The minimum absolute atomic E-state index is 0.0707. The topological polar surface area (TPSA) is 49.4 Å². The van der Waals surface area contributed by atoms with Crippen LogP contribution in [0.15, 0.2) is 78.9 Å². The molecule has 1 N–H and O–H groups in total. The molecule has 0 bridgehead atoms. The molecule has 190 valence electrons. The van der Waals surface area contributed by atoms with Crippen LogP contribution in [-0.2, 0) is 28.3 Å². The third kappa shape index (κ3) is 8.72. The van der Waals surface area contributed by atoms with Gasteiger partial charge in [0.2, 0.25) is 11.8 Å². The van der Waals surface area contributed by atoms with E-state index in [-0.39, 0.29) is 24.1 Å². The minimum Gasteiger partial charge on any atom is -0.354 e. The number of unbranched alkanes of at least 4 members (excludes halogenated alkanes) is 1. The quantitative estimate of drug-likeness (QED) is 0.263. The summed E-state index contributed by atoms with van der Waals surface area (Å²) in [6.07, 6.45) is 2.33. The molecule has 0 aliphatic carbocycles. The van der Waals surface area contributed by atoms with E-state index in [9.17, 15) is 9.59 Å². The van der Waals surface area contributed by atoms with Gasteiger partial charge in [0.1, 0.15) is 6.04 Å². The lowest BCUT2D eigenvalue weighted by molar-refractivity contribution is -0.139. The zero-order valence-electron chi connectivity index (χ0n) is 21.1. The summed E-state index contributed by atoms with van der Waals surface area (Å²) in [5.74, 6) is 0.819. The van der Waals surface area contributed by atoms with Crippen LogP contribution in [0.4, 0.5) is 0 Å². The molecule has 0 fully saturated rings. The summed E-state index contributed by atoms with van der Waals surface area (Å²) in [5.41, 5.74) is 4.23. The second kappa shape index (κ2) is 14.7. The molecule has 4 nitrogen and oxygen atoms in total. The number of hydrogen-bond donors (Lipinski definition) is 1. The van der Waals surface area contributed by atoms with Gasteiger partial charge in [-0.15, -0.1) is 11.8 Å². The lowest BCUT2D eigenvalue weighted by Crippen LogP contribution is -2.51. The second-order valence-electron chi connectivity index (χ2n) is 8.94. The zero-order chi connectivity index (χ0) is 25.8. The van der Waals surface area contributed by atoms with E-state index in [0.717, 1.165) is 29.7 Å². The van der Waals surface area contributed by atoms with Gasteiger partial charge in [-0.25, -0.2) is 0 Å². The summed E-state index contributed by atoms with van der Waals surface area (Å²) in [6, 6.07) is 25.1. The lowest BCUT2D eigenvalue weighted by atomic mass is 10.0. The van der Waals surface area contributed by atoms with Crippen LogP contribution < -0.4 is 5.32 Å². The van der Waals surface area contributed by atoms with E-state index in [4.69, 9.17) is 11.6 Å². The molecule has 0 aromatic heterocycles. The Kier molecular flexibility index (Phi) is 11.4. The largest absolute Gasteiger partial charge is 0.354 e. The second-order valence-corrected chi connectivity index (χ2v) is 10.3. The van der Waals surface area contributed by atoms with Crippen LogP contribution >= 0.6 is 23.4 Å². The third-order valence-corrected chi connectivity index (χ3v) is 7.37. The highest BCUT2D eigenvalue weighted by molar-refractivity contribution is 7.99. The lowest BCUT2D eigenvalue weighted by Gasteiger charge is -2.32. The number of thioether (sulfide) groups is 1. The Hall–Kier alpha value is -2.76. The van der Waals surface area contributed by atoms with Crippen molar-refractivity contribution in [2.75, 3.05) is 12.3 Å². The van der Waals surface area contributed by atoms with Crippen LogP contribution in [0.25, 0.3) is 0 Å². The molecule has 0 radical (unpaired) electrons. The standard InChI is InChI=1S/C30H35ClN2O2S/c1-3-4-18-32-30(35)28(19-24-10-6-5-7-11-24)33(20-26-12-8-9-13-27(26)31)29(34)22-36-21-25-16-14-23(2)15-17-25/h5-17,28H,3-4,18-22H2,1-2H3,(H,32,35). The maximum absolute atomic E-state index is 13.7. The molecule has 6 heteroatoms. The van der Waals surface area contributed by atoms with Crippen molar-refractivity contribution in [3.63, 3.8) is 0 Å². The molecule has 0 spiro atoms. The molecule has 36 heavy (non-hydrogen) atoms. The summed E-state index contributed by atoms with van der Waals surface area (Å²) in [7, 11) is 0. The fourth-order valence-corrected chi connectivity index (χ4v) is 4.96. The van der Waals surface area contributed by atoms with Crippen molar-refractivity contribution < 1.29 is 9.59 Å². The highest BCUT2D eigenvalue weighted by Gasteiger charge is 2.30. The molecular weight excluding hydrogens is 488 g/mol. The maximum atomic E-state index is 13.7. The number of rotatable bonds is 13. The average molecular weight is 523 g/mol. The Labute approximate surface area is 224 Å². The van der Waals surface area contributed by atoms with Crippen LogP contribution in [-0.4, -0.2) is 35.1 Å². The van der Waals surface area contributed by atoms with Gasteiger partial charge in [-0.1, -0.05) is 103 Å². The number of nitrogens with one attached hydrogen (secondary N) is 1. The van der Waals surface area contributed by atoms with Crippen molar-refractivity contribution in [1.29, 1.82) is 0 Å². The summed E-state index contributed by atoms with van der Waals surface area (Å²) in [6.45, 7) is 5.02. The van der Waals surface area contributed by atoms with Crippen LogP contribution in [0.3, 0.4) is 0 Å². The Balaban J connectivity index is 1.83. The first kappa shape index (κ1) is 27.8. The monoisotopic (exact) mass is 522 g/mol. The number of amides is 2. The number of hydrogen-bond acceptors (Lipinski definition) is 3. The van der Waals surface area contributed by atoms with E-state index in [2.05, 4.69) is 43.4 Å². The van der Waals surface area contributed by atoms with Gasteiger partial charge in [-0.05, 0) is 36.1 Å². The molecule has 3 rings (SSSR count).